The third-order valence-corrected chi connectivity index (χ3v) is 5.09. The summed E-state index contributed by atoms with van der Waals surface area (Å²) in [4.78, 5) is -0.578. The highest BCUT2D eigenvalue weighted by molar-refractivity contribution is 7.92. The summed E-state index contributed by atoms with van der Waals surface area (Å²) in [7, 11) is -2.31. The molecule has 0 aromatic heterocycles. The van der Waals surface area contributed by atoms with Crippen molar-refractivity contribution in [3.8, 4) is 11.5 Å². The molecule has 0 aliphatic carbocycles. The first-order valence-electron chi connectivity index (χ1n) is 6.82. The molecule has 0 unspecified atom stereocenters. The highest BCUT2D eigenvalue weighted by atomic mass is 32.2. The Morgan fingerprint density at radius 2 is 1.77 bits per heavy atom. The van der Waals surface area contributed by atoms with Gasteiger partial charge in [-0.2, -0.15) is 8.78 Å². The van der Waals surface area contributed by atoms with Crippen molar-refractivity contribution in [2.75, 3.05) is 20.8 Å². The molecule has 5 nitrogen and oxygen atoms in total. The molecule has 8 heteroatoms. The van der Waals surface area contributed by atoms with Crippen molar-refractivity contribution >= 4 is 9.84 Å². The Balaban J connectivity index is 3.52. The number of ether oxygens (including phenoxy) is 2. The van der Waals surface area contributed by atoms with Crippen molar-refractivity contribution in [2.24, 2.45) is 5.73 Å². The van der Waals surface area contributed by atoms with Crippen molar-refractivity contribution < 1.29 is 26.7 Å². The lowest BCUT2D eigenvalue weighted by molar-refractivity contribution is 0.0810. The molecule has 126 valence electrons. The van der Waals surface area contributed by atoms with E-state index in [1.54, 1.807) is 0 Å². The smallest absolute Gasteiger partial charge is 0.350 e. The molecule has 2 N–H and O–H groups in total. The molecule has 0 atom stereocenters. The van der Waals surface area contributed by atoms with Crippen molar-refractivity contribution in [3.63, 3.8) is 0 Å². The maximum atomic E-state index is 14.0. The van der Waals surface area contributed by atoms with Gasteiger partial charge in [0.25, 0.3) is 0 Å². The summed E-state index contributed by atoms with van der Waals surface area (Å²) in [5.74, 6) is 0.0529. The first-order valence-corrected chi connectivity index (χ1v) is 8.30. The van der Waals surface area contributed by atoms with Gasteiger partial charge in [0.05, 0.1) is 14.2 Å². The number of hydrogen-bond donors (Lipinski definition) is 1. The highest BCUT2D eigenvalue weighted by Gasteiger charge is 2.46. The van der Waals surface area contributed by atoms with Gasteiger partial charge in [0.1, 0.15) is 16.4 Å². The predicted molar refractivity (Wildman–Crippen MR) is 79.3 cm³/mol. The summed E-state index contributed by atoms with van der Waals surface area (Å²) in [6.07, 6.45) is -0.312. The van der Waals surface area contributed by atoms with Crippen LogP contribution in [0.5, 0.6) is 11.5 Å². The lowest BCUT2D eigenvalue weighted by Gasteiger charge is -2.20. The van der Waals surface area contributed by atoms with E-state index >= 15 is 0 Å². The van der Waals surface area contributed by atoms with Crippen LogP contribution in [0.1, 0.15) is 25.3 Å². The molecular weight excluding hydrogens is 316 g/mol. The summed E-state index contributed by atoms with van der Waals surface area (Å²) in [6, 6.07) is 2.45. The fourth-order valence-corrected chi connectivity index (χ4v) is 3.54. The summed E-state index contributed by atoms with van der Waals surface area (Å²) in [5.41, 5.74) is 6.07. The van der Waals surface area contributed by atoms with Gasteiger partial charge in [-0.05, 0) is 31.0 Å². The van der Waals surface area contributed by atoms with E-state index in [0.29, 0.717) is 18.5 Å². The zero-order chi connectivity index (χ0) is 17.0. The summed E-state index contributed by atoms with van der Waals surface area (Å²) < 4.78 is 62.5. The summed E-state index contributed by atoms with van der Waals surface area (Å²) in [6.45, 7) is 1.79. The molecule has 0 fully saturated rings. The van der Waals surface area contributed by atoms with Crippen molar-refractivity contribution in [2.45, 2.75) is 36.3 Å². The molecule has 1 aromatic rings. The molecular formula is C14H21F2NO4S. The Kier molecular flexibility index (Phi) is 6.13. The van der Waals surface area contributed by atoms with E-state index in [1.807, 2.05) is 0 Å². The number of methoxy groups -OCH3 is 2. The van der Waals surface area contributed by atoms with Gasteiger partial charge in [-0.3, -0.25) is 0 Å². The Morgan fingerprint density at radius 1 is 1.18 bits per heavy atom. The number of alkyl halides is 2. The molecule has 0 aliphatic rings. The lowest BCUT2D eigenvalue weighted by atomic mass is 10.1. The first kappa shape index (κ1) is 18.6. The molecule has 0 spiro atoms. The first-order chi connectivity index (χ1) is 10.2. The molecule has 0 radical (unpaired) electrons. The average molecular weight is 337 g/mol. The van der Waals surface area contributed by atoms with Crippen LogP contribution in [0.15, 0.2) is 17.0 Å². The maximum Gasteiger partial charge on any atom is 0.350 e. The zero-order valence-electron chi connectivity index (χ0n) is 12.9. The minimum Gasteiger partial charge on any atom is -0.496 e. The number of benzene rings is 1. The normalized spacial score (nSPS) is 12.3. The zero-order valence-corrected chi connectivity index (χ0v) is 13.7. The standard InChI is InChI=1S/C14H21F2NO4S/c1-4-6-14(15,16)22(18,19)13-9-11(20-2)10(5-7-17)8-12(13)21-3/h8-9H,4-7,17H2,1-3H3. The number of rotatable bonds is 8. The maximum absolute atomic E-state index is 14.0. The average Bonchev–Trinajstić information content (AvgIpc) is 2.46. The van der Waals surface area contributed by atoms with E-state index in [2.05, 4.69) is 0 Å². The van der Waals surface area contributed by atoms with Crippen LogP contribution in [0.25, 0.3) is 0 Å². The summed E-state index contributed by atoms with van der Waals surface area (Å²) in [5, 5.41) is -3.87. The number of hydrogen-bond acceptors (Lipinski definition) is 5. The van der Waals surface area contributed by atoms with Crippen LogP contribution in [0.2, 0.25) is 0 Å². The van der Waals surface area contributed by atoms with E-state index in [4.69, 9.17) is 15.2 Å². The van der Waals surface area contributed by atoms with E-state index < -0.39 is 26.4 Å². The number of halogens is 2. The second kappa shape index (κ2) is 7.23. The molecule has 22 heavy (non-hydrogen) atoms. The van der Waals surface area contributed by atoms with Gasteiger partial charge in [-0.15, -0.1) is 0 Å². The topological polar surface area (TPSA) is 78.6 Å². The van der Waals surface area contributed by atoms with Gasteiger partial charge < -0.3 is 15.2 Å². The van der Waals surface area contributed by atoms with Crippen LogP contribution in [0, 0.1) is 0 Å². The van der Waals surface area contributed by atoms with Crippen LogP contribution in [0.3, 0.4) is 0 Å². The largest absolute Gasteiger partial charge is 0.496 e. The Labute approximate surface area is 129 Å². The fourth-order valence-electron chi connectivity index (χ4n) is 2.08. The van der Waals surface area contributed by atoms with Gasteiger partial charge in [0, 0.05) is 12.5 Å². The Morgan fingerprint density at radius 3 is 2.23 bits per heavy atom. The minimum absolute atomic E-state index is 0.0386. The van der Waals surface area contributed by atoms with E-state index in [0.717, 1.165) is 6.07 Å². The molecule has 0 saturated heterocycles. The molecule has 0 bridgehead atoms. The number of nitrogens with two attached hydrogens (primary N) is 1. The summed E-state index contributed by atoms with van der Waals surface area (Å²) >= 11 is 0. The molecule has 0 heterocycles. The van der Waals surface area contributed by atoms with Crippen molar-refractivity contribution in [1.29, 1.82) is 0 Å². The van der Waals surface area contributed by atoms with Crippen molar-refractivity contribution in [1.82, 2.24) is 0 Å². The monoisotopic (exact) mass is 337 g/mol. The van der Waals surface area contributed by atoms with Crippen LogP contribution >= 0.6 is 0 Å². The van der Waals surface area contributed by atoms with Crippen LogP contribution in [-0.4, -0.2) is 34.4 Å². The van der Waals surface area contributed by atoms with Gasteiger partial charge in [0.2, 0.25) is 9.84 Å². The van der Waals surface area contributed by atoms with Gasteiger partial charge in [-0.25, -0.2) is 8.42 Å². The second-order valence-electron chi connectivity index (χ2n) is 4.74. The lowest BCUT2D eigenvalue weighted by Crippen LogP contribution is -2.29. The highest BCUT2D eigenvalue weighted by Crippen LogP contribution is 2.40. The fraction of sp³-hybridized carbons (Fsp3) is 0.571. The number of sulfone groups is 1. The Bertz CT molecular complexity index is 618. The molecule has 0 aliphatic heterocycles. The quantitative estimate of drug-likeness (QED) is 0.788. The third kappa shape index (κ3) is 3.49. The third-order valence-electron chi connectivity index (χ3n) is 3.20. The van der Waals surface area contributed by atoms with E-state index in [1.165, 1.54) is 27.2 Å². The van der Waals surface area contributed by atoms with E-state index in [9.17, 15) is 17.2 Å². The predicted octanol–water partition coefficient (Wildman–Crippen LogP) is 2.37. The van der Waals surface area contributed by atoms with Crippen LogP contribution in [-0.2, 0) is 16.3 Å². The van der Waals surface area contributed by atoms with Gasteiger partial charge >= 0.3 is 5.25 Å². The SMILES string of the molecule is CCCC(F)(F)S(=O)(=O)c1cc(OC)c(CCN)cc1OC. The van der Waals surface area contributed by atoms with Crippen LogP contribution in [0.4, 0.5) is 8.78 Å². The van der Waals surface area contributed by atoms with Crippen molar-refractivity contribution in [3.05, 3.63) is 17.7 Å². The molecule has 0 saturated carbocycles. The molecule has 0 amide bonds. The van der Waals surface area contributed by atoms with Gasteiger partial charge in [-0.1, -0.05) is 6.92 Å². The molecule has 1 rings (SSSR count). The van der Waals surface area contributed by atoms with Gasteiger partial charge in [0.15, 0.2) is 0 Å². The minimum atomic E-state index is -4.88. The van der Waals surface area contributed by atoms with E-state index in [-0.39, 0.29) is 17.9 Å². The second-order valence-corrected chi connectivity index (χ2v) is 6.79. The van der Waals surface area contributed by atoms with Crippen LogP contribution < -0.4 is 15.2 Å². The molecule has 1 aromatic carbocycles. The Hall–Kier alpha value is -1.41.